The fraction of sp³-hybridized carbons (Fsp3) is 0.263. The third-order valence-electron chi connectivity index (χ3n) is 3.79. The van der Waals surface area contributed by atoms with Crippen LogP contribution < -0.4 is 15.4 Å². The van der Waals surface area contributed by atoms with Gasteiger partial charge < -0.3 is 14.5 Å². The fourth-order valence-electron chi connectivity index (χ4n) is 2.43. The smallest absolute Gasteiger partial charge is 0.321 e. The summed E-state index contributed by atoms with van der Waals surface area (Å²) in [5, 5.41) is 14.2. The van der Waals surface area contributed by atoms with Crippen LogP contribution in [0.5, 0.6) is 5.75 Å². The van der Waals surface area contributed by atoms with Gasteiger partial charge in [-0.3, -0.25) is 14.7 Å². The van der Waals surface area contributed by atoms with Crippen molar-refractivity contribution in [2.45, 2.75) is 25.2 Å². The second-order valence-corrected chi connectivity index (χ2v) is 7.38. The predicted octanol–water partition coefficient (Wildman–Crippen LogP) is 3.09. The molecule has 0 radical (unpaired) electrons. The Kier molecular flexibility index (Phi) is 7.75. The van der Waals surface area contributed by atoms with E-state index in [9.17, 15) is 9.59 Å². The molecular formula is C19H20ClN5O4S. The van der Waals surface area contributed by atoms with Crippen molar-refractivity contribution in [1.29, 1.82) is 0 Å². The minimum atomic E-state index is -0.530. The van der Waals surface area contributed by atoms with Gasteiger partial charge in [0, 0.05) is 11.6 Å². The summed E-state index contributed by atoms with van der Waals surface area (Å²) in [7, 11) is 0. The zero-order chi connectivity index (χ0) is 21.3. The van der Waals surface area contributed by atoms with Crippen LogP contribution in [0.1, 0.15) is 18.5 Å². The normalized spacial score (nSPS) is 10.6. The van der Waals surface area contributed by atoms with E-state index in [1.165, 1.54) is 0 Å². The molecule has 158 valence electrons. The van der Waals surface area contributed by atoms with E-state index >= 15 is 0 Å². The van der Waals surface area contributed by atoms with Gasteiger partial charge in [-0.25, -0.2) is 4.79 Å². The second kappa shape index (κ2) is 10.7. The first-order valence-electron chi connectivity index (χ1n) is 9.08. The lowest BCUT2D eigenvalue weighted by Crippen LogP contribution is -2.40. The van der Waals surface area contributed by atoms with E-state index in [2.05, 4.69) is 20.8 Å². The number of carbonyl (C=O) groups is 2. The predicted molar refractivity (Wildman–Crippen MR) is 112 cm³/mol. The highest BCUT2D eigenvalue weighted by atomic mass is 35.5. The average molecular weight is 450 g/mol. The number of furan rings is 1. The molecule has 9 nitrogen and oxygen atoms in total. The maximum atomic E-state index is 12.0. The van der Waals surface area contributed by atoms with Gasteiger partial charge in [-0.05, 0) is 43.3 Å². The first kappa shape index (κ1) is 21.7. The highest BCUT2D eigenvalue weighted by molar-refractivity contribution is 7.99. The molecule has 0 fully saturated rings. The lowest BCUT2D eigenvalue weighted by molar-refractivity contribution is -0.117. The van der Waals surface area contributed by atoms with Crippen molar-refractivity contribution in [2.24, 2.45) is 0 Å². The van der Waals surface area contributed by atoms with Crippen molar-refractivity contribution in [3.05, 3.63) is 59.3 Å². The third-order valence-corrected chi connectivity index (χ3v) is 5.01. The Morgan fingerprint density at radius 2 is 2.03 bits per heavy atom. The highest BCUT2D eigenvalue weighted by Crippen LogP contribution is 2.21. The van der Waals surface area contributed by atoms with E-state index in [4.69, 9.17) is 20.8 Å². The van der Waals surface area contributed by atoms with Crippen molar-refractivity contribution >= 4 is 35.3 Å². The van der Waals surface area contributed by atoms with Crippen molar-refractivity contribution < 1.29 is 18.7 Å². The molecule has 3 aromatic rings. The van der Waals surface area contributed by atoms with Crippen LogP contribution in [0.3, 0.4) is 0 Å². The number of urea groups is 1. The SMILES string of the molecule is CCNC(=O)NC(=O)CSc1nnc(COc2ccc(Cl)cc2)n1Cc1ccco1. The van der Waals surface area contributed by atoms with E-state index < -0.39 is 11.9 Å². The van der Waals surface area contributed by atoms with Gasteiger partial charge in [0.1, 0.15) is 18.1 Å². The Hall–Kier alpha value is -2.98. The van der Waals surface area contributed by atoms with Crippen molar-refractivity contribution in [3.8, 4) is 5.75 Å². The number of hydrogen-bond acceptors (Lipinski definition) is 7. The van der Waals surface area contributed by atoms with Gasteiger partial charge in [0.2, 0.25) is 5.91 Å². The first-order valence-corrected chi connectivity index (χ1v) is 10.4. The molecule has 3 amide bonds. The third kappa shape index (κ3) is 6.26. The standard InChI is InChI=1S/C19H20ClN5O4S/c1-2-21-18(27)22-17(26)12-30-19-24-23-16(25(19)10-15-4-3-9-28-15)11-29-14-7-5-13(20)6-8-14/h3-9H,2,10-12H2,1H3,(H2,21,22,26,27). The van der Waals surface area contributed by atoms with Gasteiger partial charge in [0.25, 0.3) is 0 Å². The van der Waals surface area contributed by atoms with Gasteiger partial charge in [0.05, 0.1) is 18.6 Å². The molecule has 0 bridgehead atoms. The lowest BCUT2D eigenvalue weighted by atomic mass is 10.3. The molecule has 11 heteroatoms. The summed E-state index contributed by atoms with van der Waals surface area (Å²) in [6, 6.07) is 10.1. The molecule has 0 aliphatic carbocycles. The molecule has 1 aromatic carbocycles. The minimum absolute atomic E-state index is 0.00542. The monoisotopic (exact) mass is 449 g/mol. The molecule has 0 aliphatic rings. The summed E-state index contributed by atoms with van der Waals surface area (Å²) in [5.74, 6) is 1.48. The number of nitrogens with one attached hydrogen (secondary N) is 2. The maximum absolute atomic E-state index is 12.0. The van der Waals surface area contributed by atoms with Crippen LogP contribution in [-0.4, -0.2) is 39.0 Å². The van der Waals surface area contributed by atoms with E-state index in [0.717, 1.165) is 11.8 Å². The topological polar surface area (TPSA) is 111 Å². The number of imide groups is 1. The molecule has 0 aliphatic heterocycles. The summed E-state index contributed by atoms with van der Waals surface area (Å²) in [6.45, 7) is 2.74. The fourth-order valence-corrected chi connectivity index (χ4v) is 3.31. The number of halogens is 1. The lowest BCUT2D eigenvalue weighted by Gasteiger charge is -2.10. The molecule has 0 unspecified atom stereocenters. The summed E-state index contributed by atoms with van der Waals surface area (Å²) >= 11 is 7.06. The van der Waals surface area contributed by atoms with Gasteiger partial charge in [0.15, 0.2) is 11.0 Å². The average Bonchev–Trinajstić information content (AvgIpc) is 3.37. The molecule has 0 saturated heterocycles. The van der Waals surface area contributed by atoms with Crippen LogP contribution >= 0.6 is 23.4 Å². The number of benzene rings is 1. The largest absolute Gasteiger partial charge is 0.486 e. The second-order valence-electron chi connectivity index (χ2n) is 6.00. The maximum Gasteiger partial charge on any atom is 0.321 e. The molecule has 2 aromatic heterocycles. The summed E-state index contributed by atoms with van der Waals surface area (Å²) < 4.78 is 13.0. The molecule has 0 saturated carbocycles. The quantitative estimate of drug-likeness (QED) is 0.483. The number of rotatable bonds is 9. The summed E-state index contributed by atoms with van der Waals surface area (Å²) in [4.78, 5) is 23.4. The van der Waals surface area contributed by atoms with Crippen LogP contribution in [0, 0.1) is 0 Å². The van der Waals surface area contributed by atoms with E-state index in [1.807, 2.05) is 6.07 Å². The van der Waals surface area contributed by atoms with E-state index in [0.29, 0.717) is 40.6 Å². The molecule has 30 heavy (non-hydrogen) atoms. The van der Waals surface area contributed by atoms with Gasteiger partial charge in [-0.15, -0.1) is 10.2 Å². The van der Waals surface area contributed by atoms with Crippen LogP contribution in [0.4, 0.5) is 4.79 Å². The van der Waals surface area contributed by atoms with E-state index in [1.54, 1.807) is 48.1 Å². The molecule has 2 N–H and O–H groups in total. The van der Waals surface area contributed by atoms with Crippen LogP contribution in [0.25, 0.3) is 0 Å². The molecular weight excluding hydrogens is 430 g/mol. The summed E-state index contributed by atoms with van der Waals surface area (Å²) in [6.07, 6.45) is 1.58. The molecule has 3 rings (SSSR count). The highest BCUT2D eigenvalue weighted by Gasteiger charge is 2.17. The van der Waals surface area contributed by atoms with Crippen LogP contribution in [0.15, 0.2) is 52.2 Å². The Morgan fingerprint density at radius 1 is 1.23 bits per heavy atom. The Morgan fingerprint density at radius 3 is 2.73 bits per heavy atom. The molecule has 0 spiro atoms. The zero-order valence-electron chi connectivity index (χ0n) is 16.1. The Bertz CT molecular complexity index is 975. The number of carbonyl (C=O) groups excluding carboxylic acids is 2. The number of thioether (sulfide) groups is 1. The van der Waals surface area contributed by atoms with Crippen molar-refractivity contribution in [1.82, 2.24) is 25.4 Å². The zero-order valence-corrected chi connectivity index (χ0v) is 17.7. The van der Waals surface area contributed by atoms with Crippen LogP contribution in [0.2, 0.25) is 5.02 Å². The van der Waals surface area contributed by atoms with Crippen LogP contribution in [-0.2, 0) is 17.9 Å². The van der Waals surface area contributed by atoms with Crippen molar-refractivity contribution in [3.63, 3.8) is 0 Å². The molecule has 2 heterocycles. The van der Waals surface area contributed by atoms with Gasteiger partial charge >= 0.3 is 6.03 Å². The number of hydrogen-bond donors (Lipinski definition) is 2. The van der Waals surface area contributed by atoms with E-state index in [-0.39, 0.29) is 12.4 Å². The number of nitrogens with zero attached hydrogens (tertiary/aromatic N) is 3. The Balaban J connectivity index is 1.68. The number of amides is 3. The first-order chi connectivity index (χ1) is 14.5. The summed E-state index contributed by atoms with van der Waals surface area (Å²) in [5.41, 5.74) is 0. The van der Waals surface area contributed by atoms with Gasteiger partial charge in [-0.2, -0.15) is 0 Å². The van der Waals surface area contributed by atoms with Crippen molar-refractivity contribution in [2.75, 3.05) is 12.3 Å². The minimum Gasteiger partial charge on any atom is -0.486 e. The molecule has 0 atom stereocenters. The van der Waals surface area contributed by atoms with Gasteiger partial charge in [-0.1, -0.05) is 23.4 Å². The Labute approximate surface area is 182 Å². The number of aromatic nitrogens is 3. The number of ether oxygens (including phenoxy) is 1.